The lowest BCUT2D eigenvalue weighted by atomic mass is 9.89. The first-order valence-corrected chi connectivity index (χ1v) is 7.43. The van der Waals surface area contributed by atoms with E-state index in [0.29, 0.717) is 0 Å². The maximum absolute atomic E-state index is 10.8. The quantitative estimate of drug-likeness (QED) is 0.906. The van der Waals surface area contributed by atoms with Crippen molar-refractivity contribution in [1.29, 1.82) is 0 Å². The molecule has 1 aliphatic rings. The van der Waals surface area contributed by atoms with Crippen molar-refractivity contribution in [3.05, 3.63) is 28.8 Å². The molecule has 0 amide bonds. The average molecular weight is 266 g/mol. The third kappa shape index (κ3) is 2.39. The molecule has 1 aromatic carbocycles. The van der Waals surface area contributed by atoms with E-state index >= 15 is 0 Å². The van der Waals surface area contributed by atoms with Crippen LogP contribution < -0.4 is 4.74 Å². The number of thioether (sulfide) groups is 1. The predicted octanol–water partition coefficient (Wildman–Crippen LogP) is 3.63. The first-order valence-electron chi connectivity index (χ1n) is 6.45. The Balaban J connectivity index is 2.43. The summed E-state index contributed by atoms with van der Waals surface area (Å²) in [6.07, 6.45) is 1.79. The fraction of sp³-hybridized carbons (Fsp3) is 0.600. The Morgan fingerprint density at radius 1 is 1.39 bits per heavy atom. The van der Waals surface area contributed by atoms with Crippen molar-refractivity contribution in [3.8, 4) is 5.75 Å². The normalized spacial score (nSPS) is 25.2. The molecule has 1 heterocycles. The number of rotatable bonds is 3. The fourth-order valence-corrected chi connectivity index (χ4v) is 4.10. The van der Waals surface area contributed by atoms with Gasteiger partial charge in [0.05, 0.1) is 13.2 Å². The van der Waals surface area contributed by atoms with Crippen LogP contribution in [0.5, 0.6) is 5.75 Å². The van der Waals surface area contributed by atoms with Crippen LogP contribution in [0, 0.1) is 13.8 Å². The molecule has 2 atom stereocenters. The van der Waals surface area contributed by atoms with Crippen LogP contribution in [0.1, 0.15) is 42.6 Å². The number of hydrogen-bond acceptors (Lipinski definition) is 3. The highest BCUT2D eigenvalue weighted by molar-refractivity contribution is 8.00. The van der Waals surface area contributed by atoms with Crippen molar-refractivity contribution >= 4 is 11.8 Å². The molecule has 3 heteroatoms. The minimum Gasteiger partial charge on any atom is -0.496 e. The molecular weight excluding hydrogens is 244 g/mol. The summed E-state index contributed by atoms with van der Waals surface area (Å²) in [6.45, 7) is 6.27. The van der Waals surface area contributed by atoms with Gasteiger partial charge in [0.2, 0.25) is 0 Å². The van der Waals surface area contributed by atoms with Crippen LogP contribution in [-0.4, -0.2) is 22.7 Å². The van der Waals surface area contributed by atoms with E-state index in [1.165, 1.54) is 12.0 Å². The van der Waals surface area contributed by atoms with Crippen molar-refractivity contribution in [3.63, 3.8) is 0 Å². The van der Waals surface area contributed by atoms with Gasteiger partial charge in [-0.05, 0) is 56.6 Å². The summed E-state index contributed by atoms with van der Waals surface area (Å²) in [5.41, 5.74) is 3.25. The summed E-state index contributed by atoms with van der Waals surface area (Å²) in [4.78, 5) is 0. The van der Waals surface area contributed by atoms with E-state index in [-0.39, 0.29) is 4.75 Å². The minimum absolute atomic E-state index is 0.0761. The van der Waals surface area contributed by atoms with Crippen LogP contribution in [0.3, 0.4) is 0 Å². The van der Waals surface area contributed by atoms with Crippen molar-refractivity contribution < 1.29 is 9.84 Å². The summed E-state index contributed by atoms with van der Waals surface area (Å²) in [5.74, 6) is 1.95. The molecule has 1 saturated heterocycles. The summed E-state index contributed by atoms with van der Waals surface area (Å²) >= 11 is 1.87. The molecule has 1 N–H and O–H groups in total. The van der Waals surface area contributed by atoms with E-state index < -0.39 is 6.10 Å². The van der Waals surface area contributed by atoms with Gasteiger partial charge in [0.15, 0.2) is 0 Å². The largest absolute Gasteiger partial charge is 0.496 e. The first-order chi connectivity index (χ1) is 8.48. The average Bonchev–Trinajstić information content (AvgIpc) is 2.75. The van der Waals surface area contributed by atoms with Gasteiger partial charge in [-0.2, -0.15) is 11.8 Å². The van der Waals surface area contributed by atoms with Gasteiger partial charge in [-0.15, -0.1) is 0 Å². The number of benzene rings is 1. The lowest BCUT2D eigenvalue weighted by Crippen LogP contribution is -2.27. The first kappa shape index (κ1) is 13.8. The van der Waals surface area contributed by atoms with Crippen LogP contribution in [0.25, 0.3) is 0 Å². The molecule has 0 bridgehead atoms. The Hall–Kier alpha value is -0.670. The monoisotopic (exact) mass is 266 g/mol. The molecule has 0 aliphatic carbocycles. The zero-order chi connectivity index (χ0) is 13.3. The van der Waals surface area contributed by atoms with Crippen molar-refractivity contribution in [2.24, 2.45) is 0 Å². The Labute approximate surface area is 114 Å². The van der Waals surface area contributed by atoms with Gasteiger partial charge >= 0.3 is 0 Å². The molecule has 0 saturated carbocycles. The van der Waals surface area contributed by atoms with E-state index in [1.54, 1.807) is 7.11 Å². The summed E-state index contributed by atoms with van der Waals surface area (Å²) < 4.78 is 5.39. The zero-order valence-corrected chi connectivity index (χ0v) is 12.4. The molecule has 1 fully saturated rings. The van der Waals surface area contributed by atoms with Gasteiger partial charge in [0, 0.05) is 10.3 Å². The fourth-order valence-electron chi connectivity index (χ4n) is 2.78. The van der Waals surface area contributed by atoms with Gasteiger partial charge in [-0.1, -0.05) is 6.07 Å². The second kappa shape index (κ2) is 5.14. The van der Waals surface area contributed by atoms with Crippen LogP contribution in [-0.2, 0) is 0 Å². The molecular formula is C15H22O2S. The summed E-state index contributed by atoms with van der Waals surface area (Å²) in [6, 6.07) is 4.12. The maximum atomic E-state index is 10.8. The number of methoxy groups -OCH3 is 1. The van der Waals surface area contributed by atoms with Gasteiger partial charge in [-0.3, -0.25) is 0 Å². The second-order valence-electron chi connectivity index (χ2n) is 5.36. The van der Waals surface area contributed by atoms with E-state index in [9.17, 15) is 5.11 Å². The summed E-state index contributed by atoms with van der Waals surface area (Å²) in [5, 5.41) is 10.8. The van der Waals surface area contributed by atoms with Crippen molar-refractivity contribution in [1.82, 2.24) is 0 Å². The number of hydrogen-bond donors (Lipinski definition) is 1. The summed E-state index contributed by atoms with van der Waals surface area (Å²) in [7, 11) is 1.68. The number of aliphatic hydroxyl groups excluding tert-OH is 1. The van der Waals surface area contributed by atoms with Gasteiger partial charge in [0.1, 0.15) is 5.75 Å². The van der Waals surface area contributed by atoms with Crippen LogP contribution >= 0.6 is 11.8 Å². The van der Waals surface area contributed by atoms with Crippen LogP contribution in [0.4, 0.5) is 0 Å². The molecule has 0 spiro atoms. The molecule has 2 rings (SSSR count). The smallest absolute Gasteiger partial charge is 0.125 e. The molecule has 0 aromatic heterocycles. The Bertz CT molecular complexity index is 436. The topological polar surface area (TPSA) is 29.5 Å². The zero-order valence-electron chi connectivity index (χ0n) is 11.6. The molecule has 0 radical (unpaired) electrons. The molecule has 2 unspecified atom stereocenters. The van der Waals surface area contributed by atoms with E-state index in [4.69, 9.17) is 4.74 Å². The third-order valence-electron chi connectivity index (χ3n) is 3.81. The van der Waals surface area contributed by atoms with Crippen molar-refractivity contribution in [2.45, 2.75) is 44.5 Å². The predicted molar refractivity (Wildman–Crippen MR) is 77.5 cm³/mol. The molecule has 100 valence electrons. The van der Waals surface area contributed by atoms with Crippen LogP contribution in [0.15, 0.2) is 12.1 Å². The lowest BCUT2D eigenvalue weighted by Gasteiger charge is -2.31. The number of aryl methyl sites for hydroxylation is 2. The highest BCUT2D eigenvalue weighted by atomic mass is 32.2. The maximum Gasteiger partial charge on any atom is 0.125 e. The lowest BCUT2D eigenvalue weighted by molar-refractivity contribution is 0.131. The number of ether oxygens (including phenoxy) is 1. The van der Waals surface area contributed by atoms with E-state index in [2.05, 4.69) is 26.8 Å². The highest BCUT2D eigenvalue weighted by Gasteiger charge is 2.39. The van der Waals surface area contributed by atoms with Crippen LogP contribution in [0.2, 0.25) is 0 Å². The van der Waals surface area contributed by atoms with E-state index in [0.717, 1.165) is 29.1 Å². The molecule has 18 heavy (non-hydrogen) atoms. The molecule has 1 aliphatic heterocycles. The van der Waals surface area contributed by atoms with E-state index in [1.807, 2.05) is 17.8 Å². The van der Waals surface area contributed by atoms with Gasteiger partial charge < -0.3 is 9.84 Å². The second-order valence-corrected chi connectivity index (χ2v) is 6.99. The van der Waals surface area contributed by atoms with Gasteiger partial charge in [0.25, 0.3) is 0 Å². The van der Waals surface area contributed by atoms with Gasteiger partial charge in [-0.25, -0.2) is 0 Å². The SMILES string of the molecule is COc1cc(C)cc(C)c1C(O)C1(C)CCCS1. The third-order valence-corrected chi connectivity index (χ3v) is 5.39. The molecule has 1 aromatic rings. The highest BCUT2D eigenvalue weighted by Crippen LogP contribution is 2.49. The Morgan fingerprint density at radius 3 is 2.67 bits per heavy atom. The Morgan fingerprint density at radius 2 is 2.11 bits per heavy atom. The standard InChI is InChI=1S/C15H22O2S/c1-10-8-11(2)13(12(9-10)17-4)14(16)15(3)6-5-7-18-15/h8-9,14,16H,5-7H2,1-4H3. The van der Waals surface area contributed by atoms with Crippen molar-refractivity contribution in [2.75, 3.05) is 12.9 Å². The minimum atomic E-state index is -0.458. The molecule has 2 nitrogen and oxygen atoms in total. The Kier molecular flexibility index (Phi) is 3.93. The number of aliphatic hydroxyl groups is 1.